The number of hydrogen-bond donors (Lipinski definition) is 1. The zero-order valence-corrected chi connectivity index (χ0v) is 20.9. The molecule has 168 valence electrons. The van der Waals surface area contributed by atoms with E-state index in [2.05, 4.69) is 37.2 Å². The van der Waals surface area contributed by atoms with Gasteiger partial charge in [-0.1, -0.05) is 46.3 Å². The summed E-state index contributed by atoms with van der Waals surface area (Å²) >= 11 is 6.75. The molecule has 5 nitrogen and oxygen atoms in total. The molecule has 0 aromatic heterocycles. The van der Waals surface area contributed by atoms with Crippen LogP contribution in [0.15, 0.2) is 93.9 Å². The zero-order chi connectivity index (χ0) is 23.7. The Labute approximate surface area is 213 Å². The van der Waals surface area contributed by atoms with Crippen LogP contribution in [0.4, 0.5) is 5.69 Å². The van der Waals surface area contributed by atoms with Crippen LogP contribution in [0.25, 0.3) is 11.1 Å². The molecular weight excluding hydrogens is 562 g/mol. The number of anilines is 1. The molecule has 0 radical (unpaired) electrons. The van der Waals surface area contributed by atoms with Gasteiger partial charge in [-0.3, -0.25) is 0 Å². The fourth-order valence-electron chi connectivity index (χ4n) is 3.75. The largest absolute Gasteiger partial charge is 0.419 e. The molecule has 0 saturated heterocycles. The highest BCUT2D eigenvalue weighted by atomic mass is 79.9. The maximum absolute atomic E-state index is 13.0. The first-order chi connectivity index (χ1) is 16.5. The van der Waals surface area contributed by atoms with Crippen molar-refractivity contribution in [2.45, 2.75) is 6.54 Å². The predicted octanol–water partition coefficient (Wildman–Crippen LogP) is 7.24. The second-order valence-electron chi connectivity index (χ2n) is 7.62. The molecule has 1 aliphatic rings. The highest BCUT2D eigenvalue weighted by molar-refractivity contribution is 9.10. The first-order valence-corrected chi connectivity index (χ1v) is 12.0. The molecule has 0 spiro atoms. The number of fused-ring (bicyclic) bond motifs is 3. The molecule has 0 amide bonds. The van der Waals surface area contributed by atoms with Gasteiger partial charge in [0.05, 0.1) is 11.1 Å². The van der Waals surface area contributed by atoms with E-state index in [-0.39, 0.29) is 11.5 Å². The van der Waals surface area contributed by atoms with Crippen molar-refractivity contribution in [1.29, 1.82) is 0 Å². The number of benzene rings is 4. The van der Waals surface area contributed by atoms with E-state index in [1.807, 2.05) is 30.3 Å². The van der Waals surface area contributed by atoms with E-state index >= 15 is 0 Å². The minimum Gasteiger partial charge on any atom is -0.419 e. The second-order valence-corrected chi connectivity index (χ2v) is 9.39. The van der Waals surface area contributed by atoms with Crippen molar-refractivity contribution in [3.63, 3.8) is 0 Å². The van der Waals surface area contributed by atoms with E-state index in [0.717, 1.165) is 26.9 Å². The van der Waals surface area contributed by atoms with Crippen molar-refractivity contribution in [1.82, 2.24) is 0 Å². The summed E-state index contributed by atoms with van der Waals surface area (Å²) in [6.07, 6.45) is 0. The van der Waals surface area contributed by atoms with Crippen LogP contribution >= 0.6 is 31.9 Å². The van der Waals surface area contributed by atoms with Gasteiger partial charge in [0, 0.05) is 26.7 Å². The Balaban J connectivity index is 1.55. The lowest BCUT2D eigenvalue weighted by atomic mass is 9.94. The summed E-state index contributed by atoms with van der Waals surface area (Å²) in [7, 11) is 0. The van der Waals surface area contributed by atoms with E-state index in [9.17, 15) is 9.59 Å². The van der Waals surface area contributed by atoms with Crippen molar-refractivity contribution >= 4 is 49.5 Å². The number of carbonyl (C=O) groups excluding carboxylic acids is 2. The third-order valence-electron chi connectivity index (χ3n) is 5.44. The van der Waals surface area contributed by atoms with Crippen LogP contribution < -0.4 is 14.8 Å². The zero-order valence-electron chi connectivity index (χ0n) is 17.7. The summed E-state index contributed by atoms with van der Waals surface area (Å²) in [4.78, 5) is 25.8. The van der Waals surface area contributed by atoms with E-state index in [1.165, 1.54) is 0 Å². The van der Waals surface area contributed by atoms with Gasteiger partial charge in [-0.2, -0.15) is 0 Å². The van der Waals surface area contributed by atoms with Crippen LogP contribution in [0.5, 0.6) is 11.5 Å². The number of halogens is 2. The second kappa shape index (κ2) is 9.44. The van der Waals surface area contributed by atoms with E-state index in [1.54, 1.807) is 54.6 Å². The average Bonchev–Trinajstić information content (AvgIpc) is 2.85. The summed E-state index contributed by atoms with van der Waals surface area (Å²) in [5.41, 5.74) is 4.55. The lowest BCUT2D eigenvalue weighted by molar-refractivity contribution is 0.0682. The molecule has 4 aromatic carbocycles. The van der Waals surface area contributed by atoms with Crippen LogP contribution in [0.1, 0.15) is 26.3 Å². The third-order valence-corrected chi connectivity index (χ3v) is 6.66. The minimum atomic E-state index is -0.560. The molecule has 7 heteroatoms. The maximum atomic E-state index is 13.0. The molecule has 0 atom stereocenters. The highest BCUT2D eigenvalue weighted by Crippen LogP contribution is 2.42. The van der Waals surface area contributed by atoms with Crippen molar-refractivity contribution < 1.29 is 19.1 Å². The van der Waals surface area contributed by atoms with Crippen LogP contribution in [0.2, 0.25) is 0 Å². The summed E-state index contributed by atoms with van der Waals surface area (Å²) in [6.45, 7) is 0.549. The number of para-hydroxylation sites is 1. The average molecular weight is 579 g/mol. The summed E-state index contributed by atoms with van der Waals surface area (Å²) in [5.74, 6) is -0.764. The number of hydrogen-bond acceptors (Lipinski definition) is 5. The molecule has 1 aliphatic heterocycles. The van der Waals surface area contributed by atoms with Gasteiger partial charge in [-0.05, 0) is 81.7 Å². The van der Waals surface area contributed by atoms with Gasteiger partial charge < -0.3 is 14.8 Å². The molecule has 1 heterocycles. The Hall–Kier alpha value is -3.42. The summed E-state index contributed by atoms with van der Waals surface area (Å²) < 4.78 is 13.0. The Kier molecular flexibility index (Phi) is 6.22. The molecule has 0 aliphatic carbocycles. The summed E-state index contributed by atoms with van der Waals surface area (Å²) in [6, 6.07) is 25.2. The highest BCUT2D eigenvalue weighted by Gasteiger charge is 2.23. The van der Waals surface area contributed by atoms with Crippen molar-refractivity contribution in [3.8, 4) is 22.6 Å². The summed E-state index contributed by atoms with van der Waals surface area (Å²) in [5, 5.41) is 3.37. The minimum absolute atomic E-state index is 0.168. The Bertz CT molecular complexity index is 1420. The molecule has 5 rings (SSSR count). The van der Waals surface area contributed by atoms with Gasteiger partial charge in [0.1, 0.15) is 0 Å². The molecule has 0 unspecified atom stereocenters. The van der Waals surface area contributed by atoms with Gasteiger partial charge in [0.25, 0.3) is 0 Å². The smallest absolute Gasteiger partial charge is 0.344 e. The fraction of sp³-hybridized carbons (Fsp3) is 0.0370. The standard InChI is InChI=1S/C27H17Br2NO4/c28-18-11-9-16(10-12-18)26(31)33-24-13-17-15-30-23-8-4-2-5-19(23)21(17)14-25(24)34-27(32)20-6-1-3-7-22(20)29/h1-14,30H,15H2. The number of carbonyl (C=O) groups is 2. The number of ether oxygens (including phenoxy) is 2. The van der Waals surface area contributed by atoms with Gasteiger partial charge in [0.15, 0.2) is 11.5 Å². The number of nitrogens with one attached hydrogen (secondary N) is 1. The lowest BCUT2D eigenvalue weighted by Crippen LogP contribution is -2.15. The fourth-order valence-corrected chi connectivity index (χ4v) is 4.46. The predicted molar refractivity (Wildman–Crippen MR) is 137 cm³/mol. The number of rotatable bonds is 4. The Morgan fingerprint density at radius 1 is 0.735 bits per heavy atom. The monoisotopic (exact) mass is 577 g/mol. The van der Waals surface area contributed by atoms with Crippen LogP contribution in [-0.4, -0.2) is 11.9 Å². The molecule has 0 fully saturated rings. The van der Waals surface area contributed by atoms with Crippen LogP contribution in [0, 0.1) is 0 Å². The van der Waals surface area contributed by atoms with Crippen molar-refractivity contribution in [2.75, 3.05) is 5.32 Å². The van der Waals surface area contributed by atoms with Gasteiger partial charge in [-0.15, -0.1) is 0 Å². The quantitative estimate of drug-likeness (QED) is 0.204. The number of esters is 2. The van der Waals surface area contributed by atoms with E-state index in [4.69, 9.17) is 9.47 Å². The van der Waals surface area contributed by atoms with E-state index < -0.39 is 11.9 Å². The third kappa shape index (κ3) is 4.49. The first-order valence-electron chi connectivity index (χ1n) is 10.4. The molecule has 34 heavy (non-hydrogen) atoms. The molecule has 4 aromatic rings. The molecule has 0 bridgehead atoms. The van der Waals surface area contributed by atoms with Gasteiger partial charge >= 0.3 is 11.9 Å². The van der Waals surface area contributed by atoms with Crippen LogP contribution in [-0.2, 0) is 6.54 Å². The topological polar surface area (TPSA) is 64.6 Å². The van der Waals surface area contributed by atoms with Crippen molar-refractivity contribution in [2.24, 2.45) is 0 Å². The van der Waals surface area contributed by atoms with Crippen LogP contribution in [0.3, 0.4) is 0 Å². The maximum Gasteiger partial charge on any atom is 0.344 e. The molecular formula is C27H17Br2NO4. The molecule has 1 N–H and O–H groups in total. The Morgan fingerprint density at radius 2 is 1.41 bits per heavy atom. The van der Waals surface area contributed by atoms with Gasteiger partial charge in [-0.25, -0.2) is 9.59 Å². The lowest BCUT2D eigenvalue weighted by Gasteiger charge is -2.23. The van der Waals surface area contributed by atoms with E-state index in [0.29, 0.717) is 22.1 Å². The SMILES string of the molecule is O=C(Oc1cc2c(cc1OC(=O)c1ccccc1Br)-c1ccccc1NC2)c1ccc(Br)cc1. The molecule has 0 saturated carbocycles. The Morgan fingerprint density at radius 3 is 2.21 bits per heavy atom. The van der Waals surface area contributed by atoms with Crippen molar-refractivity contribution in [3.05, 3.63) is 111 Å². The van der Waals surface area contributed by atoms with Gasteiger partial charge in [0.2, 0.25) is 0 Å². The first kappa shape index (κ1) is 22.4. The normalized spacial score (nSPS) is 11.6.